The minimum atomic E-state index is -0.205. The van der Waals surface area contributed by atoms with Gasteiger partial charge in [-0.05, 0) is 43.7 Å². The highest BCUT2D eigenvalue weighted by Crippen LogP contribution is 2.30. The molecule has 2 aromatic carbocycles. The summed E-state index contributed by atoms with van der Waals surface area (Å²) in [4.78, 5) is 17.9. The fourth-order valence-electron chi connectivity index (χ4n) is 2.99. The van der Waals surface area contributed by atoms with Crippen molar-refractivity contribution in [2.75, 3.05) is 13.7 Å². The third kappa shape index (κ3) is 4.34. The number of para-hydroxylation sites is 1. The Morgan fingerprint density at radius 1 is 1.28 bits per heavy atom. The van der Waals surface area contributed by atoms with Gasteiger partial charge in [0.15, 0.2) is 11.5 Å². The van der Waals surface area contributed by atoms with Crippen LogP contribution in [0.25, 0.3) is 10.9 Å². The maximum absolute atomic E-state index is 13.2. The molecule has 0 amide bonds. The largest absolute Gasteiger partial charge is 0.493 e. The van der Waals surface area contributed by atoms with E-state index in [9.17, 15) is 4.79 Å². The Kier molecular flexibility index (Phi) is 6.69. The lowest BCUT2D eigenvalue weighted by Crippen LogP contribution is -2.23. The molecule has 0 fully saturated rings. The molecule has 3 rings (SSSR count). The summed E-state index contributed by atoms with van der Waals surface area (Å²) in [5.41, 5.74) is 1.18. The summed E-state index contributed by atoms with van der Waals surface area (Å²) < 4.78 is 13.3. The number of ether oxygens (including phenoxy) is 2. The zero-order valence-corrected chi connectivity index (χ0v) is 18.6. The second kappa shape index (κ2) is 9.22. The lowest BCUT2D eigenvalue weighted by molar-refractivity contribution is 0.310. The highest BCUT2D eigenvalue weighted by atomic mass is 79.9. The summed E-state index contributed by atoms with van der Waals surface area (Å²) in [6, 6.07) is 11.1. The number of benzene rings is 2. The van der Waals surface area contributed by atoms with Gasteiger partial charge in [0, 0.05) is 16.0 Å². The van der Waals surface area contributed by atoms with E-state index in [-0.39, 0.29) is 11.5 Å². The number of rotatable bonds is 7. The van der Waals surface area contributed by atoms with Crippen LogP contribution < -0.4 is 15.0 Å². The third-order valence-electron chi connectivity index (χ3n) is 4.72. The summed E-state index contributed by atoms with van der Waals surface area (Å²) in [6.07, 6.45) is 2.46. The van der Waals surface area contributed by atoms with E-state index in [1.807, 2.05) is 44.2 Å². The van der Waals surface area contributed by atoms with Crippen LogP contribution in [0.2, 0.25) is 0 Å². The molecule has 3 aromatic rings. The van der Waals surface area contributed by atoms with Crippen molar-refractivity contribution in [3.8, 4) is 11.5 Å². The van der Waals surface area contributed by atoms with Crippen molar-refractivity contribution in [2.24, 2.45) is 5.10 Å². The lowest BCUT2D eigenvalue weighted by Gasteiger charge is -2.14. The standard InChI is InChI=1S/C22H24BrN3O3/c1-5-14(3)21-25-18-11-10-16(23)12-17(18)22(27)26(21)24-13-15-8-7-9-19(28-4)20(15)29-6-2/h7-14H,5-6H2,1-4H3/t14-/m1/s1. The second-order valence-corrected chi connectivity index (χ2v) is 7.53. The first kappa shape index (κ1) is 21.0. The smallest absolute Gasteiger partial charge is 0.282 e. The summed E-state index contributed by atoms with van der Waals surface area (Å²) >= 11 is 3.43. The van der Waals surface area contributed by atoms with Crippen LogP contribution in [-0.2, 0) is 0 Å². The van der Waals surface area contributed by atoms with E-state index in [1.54, 1.807) is 19.4 Å². The van der Waals surface area contributed by atoms with E-state index >= 15 is 0 Å². The van der Waals surface area contributed by atoms with Gasteiger partial charge in [-0.2, -0.15) is 9.78 Å². The molecule has 29 heavy (non-hydrogen) atoms. The Hall–Kier alpha value is -2.67. The quantitative estimate of drug-likeness (QED) is 0.470. The molecular formula is C22H24BrN3O3. The fourth-order valence-corrected chi connectivity index (χ4v) is 3.35. The molecule has 0 radical (unpaired) electrons. The number of fused-ring (bicyclic) bond motifs is 1. The van der Waals surface area contributed by atoms with E-state index in [0.717, 1.165) is 16.5 Å². The highest BCUT2D eigenvalue weighted by molar-refractivity contribution is 9.10. The molecule has 7 heteroatoms. The van der Waals surface area contributed by atoms with Crippen LogP contribution in [0.3, 0.4) is 0 Å². The van der Waals surface area contributed by atoms with Gasteiger partial charge in [-0.1, -0.05) is 35.8 Å². The molecular weight excluding hydrogens is 434 g/mol. The first-order chi connectivity index (χ1) is 14.0. The molecule has 1 atom stereocenters. The van der Waals surface area contributed by atoms with Crippen LogP contribution in [0.15, 0.2) is 50.8 Å². The second-order valence-electron chi connectivity index (χ2n) is 6.61. The SMILES string of the molecule is CCOc1c(C=Nn2c([C@H](C)CC)nc3ccc(Br)cc3c2=O)cccc1OC. The minimum absolute atomic E-state index is 0.0737. The number of methoxy groups -OCH3 is 1. The molecule has 0 aliphatic heterocycles. The maximum atomic E-state index is 13.2. The molecule has 1 aromatic heterocycles. The lowest BCUT2D eigenvalue weighted by atomic mass is 10.1. The van der Waals surface area contributed by atoms with Crippen molar-refractivity contribution in [1.29, 1.82) is 0 Å². The van der Waals surface area contributed by atoms with Crippen molar-refractivity contribution in [3.05, 3.63) is 62.6 Å². The number of aromatic nitrogens is 2. The van der Waals surface area contributed by atoms with Gasteiger partial charge >= 0.3 is 0 Å². The average Bonchev–Trinajstić information content (AvgIpc) is 2.73. The predicted molar refractivity (Wildman–Crippen MR) is 120 cm³/mol. The average molecular weight is 458 g/mol. The fraction of sp³-hybridized carbons (Fsp3) is 0.318. The molecule has 0 spiro atoms. The normalized spacial score (nSPS) is 12.4. The van der Waals surface area contributed by atoms with E-state index in [2.05, 4.69) is 28.0 Å². The number of nitrogens with zero attached hydrogens (tertiary/aromatic N) is 3. The monoisotopic (exact) mass is 457 g/mol. The van der Waals surface area contributed by atoms with Crippen LogP contribution in [0.1, 0.15) is 44.5 Å². The first-order valence-corrected chi connectivity index (χ1v) is 10.4. The number of hydrogen-bond donors (Lipinski definition) is 0. The van der Waals surface area contributed by atoms with Crippen molar-refractivity contribution in [3.63, 3.8) is 0 Å². The molecule has 0 saturated carbocycles. The van der Waals surface area contributed by atoms with Crippen molar-refractivity contribution in [2.45, 2.75) is 33.1 Å². The van der Waals surface area contributed by atoms with Gasteiger partial charge in [0.25, 0.3) is 5.56 Å². The Morgan fingerprint density at radius 2 is 2.07 bits per heavy atom. The molecule has 1 heterocycles. The Morgan fingerprint density at radius 3 is 2.76 bits per heavy atom. The number of hydrogen-bond acceptors (Lipinski definition) is 5. The minimum Gasteiger partial charge on any atom is -0.493 e. The van der Waals surface area contributed by atoms with Gasteiger partial charge in [-0.15, -0.1) is 0 Å². The van der Waals surface area contributed by atoms with Crippen LogP contribution in [0.4, 0.5) is 0 Å². The number of halogens is 1. The van der Waals surface area contributed by atoms with E-state index in [4.69, 9.17) is 14.5 Å². The van der Waals surface area contributed by atoms with Gasteiger partial charge in [0.2, 0.25) is 0 Å². The Balaban J connectivity index is 2.19. The van der Waals surface area contributed by atoms with Gasteiger partial charge in [-0.25, -0.2) is 4.98 Å². The molecule has 6 nitrogen and oxygen atoms in total. The Bertz CT molecular complexity index is 1110. The highest BCUT2D eigenvalue weighted by Gasteiger charge is 2.16. The molecule has 0 aliphatic rings. The van der Waals surface area contributed by atoms with Gasteiger partial charge in [-0.3, -0.25) is 4.79 Å². The van der Waals surface area contributed by atoms with Crippen molar-refractivity contribution >= 4 is 33.0 Å². The molecule has 0 aliphatic carbocycles. The Labute approximate surface area is 178 Å². The zero-order chi connectivity index (χ0) is 21.0. The van der Waals surface area contributed by atoms with Crippen molar-refractivity contribution < 1.29 is 9.47 Å². The summed E-state index contributed by atoms with van der Waals surface area (Å²) in [7, 11) is 1.59. The molecule has 152 valence electrons. The van der Waals surface area contributed by atoms with Crippen LogP contribution >= 0.6 is 15.9 Å². The molecule has 0 saturated heterocycles. The van der Waals surface area contributed by atoms with Crippen LogP contribution in [0.5, 0.6) is 11.5 Å². The van der Waals surface area contributed by atoms with Gasteiger partial charge < -0.3 is 9.47 Å². The molecule has 0 N–H and O–H groups in total. The summed E-state index contributed by atoms with van der Waals surface area (Å²) in [6.45, 7) is 6.50. The maximum Gasteiger partial charge on any atom is 0.282 e. The van der Waals surface area contributed by atoms with E-state index in [0.29, 0.717) is 34.8 Å². The molecule has 0 bridgehead atoms. The van der Waals surface area contributed by atoms with Gasteiger partial charge in [0.1, 0.15) is 5.82 Å². The van der Waals surface area contributed by atoms with Crippen LogP contribution in [0, 0.1) is 0 Å². The zero-order valence-electron chi connectivity index (χ0n) is 17.0. The van der Waals surface area contributed by atoms with E-state index in [1.165, 1.54) is 4.68 Å². The third-order valence-corrected chi connectivity index (χ3v) is 5.21. The molecule has 0 unspecified atom stereocenters. The summed E-state index contributed by atoms with van der Waals surface area (Å²) in [5, 5.41) is 5.02. The first-order valence-electron chi connectivity index (χ1n) is 9.56. The van der Waals surface area contributed by atoms with Crippen molar-refractivity contribution in [1.82, 2.24) is 9.66 Å². The van der Waals surface area contributed by atoms with Crippen LogP contribution in [-0.4, -0.2) is 29.6 Å². The van der Waals surface area contributed by atoms with Gasteiger partial charge in [0.05, 0.1) is 30.8 Å². The predicted octanol–water partition coefficient (Wildman–Crippen LogP) is 4.96. The topological polar surface area (TPSA) is 65.7 Å². The summed E-state index contributed by atoms with van der Waals surface area (Å²) in [5.74, 6) is 1.91. The van der Waals surface area contributed by atoms with E-state index < -0.39 is 0 Å².